The Morgan fingerprint density at radius 2 is 2.33 bits per heavy atom. The molecular weight excluding hydrogens is 232 g/mol. The Labute approximate surface area is 107 Å². The first kappa shape index (κ1) is 13.0. The van der Waals surface area contributed by atoms with Gasteiger partial charge in [0.25, 0.3) is 0 Å². The van der Waals surface area contributed by atoms with E-state index in [0.717, 1.165) is 31.7 Å². The van der Waals surface area contributed by atoms with Crippen LogP contribution < -0.4 is 0 Å². The quantitative estimate of drug-likeness (QED) is 0.749. The summed E-state index contributed by atoms with van der Waals surface area (Å²) in [6, 6.07) is 3.62. The highest BCUT2D eigenvalue weighted by atomic mass is 16.5. The minimum Gasteiger partial charge on any atom is -0.465 e. The maximum atomic E-state index is 11.3. The fourth-order valence-electron chi connectivity index (χ4n) is 2.12. The number of pyridine rings is 1. The topological polar surface area (TPSA) is 51.7 Å². The molecule has 1 unspecified atom stereocenters. The van der Waals surface area contributed by atoms with E-state index in [1.807, 2.05) is 6.07 Å². The summed E-state index contributed by atoms with van der Waals surface area (Å²) in [7, 11) is 3.11. The van der Waals surface area contributed by atoms with E-state index in [1.54, 1.807) is 19.4 Å². The van der Waals surface area contributed by atoms with E-state index in [1.165, 1.54) is 7.11 Å². The number of esters is 1. The Balaban J connectivity index is 1.92. The van der Waals surface area contributed by atoms with Crippen molar-refractivity contribution in [2.75, 3.05) is 27.3 Å². The maximum Gasteiger partial charge on any atom is 0.339 e. The highest BCUT2D eigenvalue weighted by molar-refractivity contribution is 5.88. The molecule has 1 saturated heterocycles. The number of methoxy groups -OCH3 is 2. The van der Waals surface area contributed by atoms with Crippen LogP contribution in [0, 0.1) is 0 Å². The molecule has 5 heteroatoms. The predicted molar refractivity (Wildman–Crippen MR) is 66.3 cm³/mol. The zero-order valence-corrected chi connectivity index (χ0v) is 10.8. The standard InChI is InChI=1S/C13H18N2O3/c1-17-12-5-6-15(9-12)8-11-4-3-10(7-14-11)13(16)18-2/h3-4,7,12H,5-6,8-9H2,1-2H3. The lowest BCUT2D eigenvalue weighted by atomic mass is 10.2. The number of nitrogens with zero attached hydrogens (tertiary/aromatic N) is 2. The average Bonchev–Trinajstić information content (AvgIpc) is 2.86. The van der Waals surface area contributed by atoms with Crippen LogP contribution in [-0.4, -0.2) is 49.3 Å². The fourth-order valence-corrected chi connectivity index (χ4v) is 2.12. The van der Waals surface area contributed by atoms with Crippen LogP contribution in [0.3, 0.4) is 0 Å². The average molecular weight is 250 g/mol. The van der Waals surface area contributed by atoms with Crippen LogP contribution in [0.5, 0.6) is 0 Å². The van der Waals surface area contributed by atoms with Gasteiger partial charge in [-0.15, -0.1) is 0 Å². The number of hydrogen-bond acceptors (Lipinski definition) is 5. The molecule has 0 saturated carbocycles. The number of carbonyl (C=O) groups is 1. The van der Waals surface area contributed by atoms with Crippen molar-refractivity contribution >= 4 is 5.97 Å². The van der Waals surface area contributed by atoms with Crippen molar-refractivity contribution < 1.29 is 14.3 Å². The molecule has 2 rings (SSSR count). The van der Waals surface area contributed by atoms with Gasteiger partial charge in [-0.25, -0.2) is 4.79 Å². The van der Waals surface area contributed by atoms with E-state index >= 15 is 0 Å². The Hall–Kier alpha value is -1.46. The van der Waals surface area contributed by atoms with Gasteiger partial charge in [0.2, 0.25) is 0 Å². The Morgan fingerprint density at radius 3 is 2.89 bits per heavy atom. The van der Waals surface area contributed by atoms with Crippen molar-refractivity contribution in [1.82, 2.24) is 9.88 Å². The molecule has 1 aromatic rings. The van der Waals surface area contributed by atoms with Crippen LogP contribution >= 0.6 is 0 Å². The molecule has 0 radical (unpaired) electrons. The monoisotopic (exact) mass is 250 g/mol. The van der Waals surface area contributed by atoms with Crippen LogP contribution in [0.4, 0.5) is 0 Å². The van der Waals surface area contributed by atoms with Gasteiger partial charge in [-0.2, -0.15) is 0 Å². The van der Waals surface area contributed by atoms with Crippen molar-refractivity contribution in [3.63, 3.8) is 0 Å². The number of likely N-dealkylation sites (tertiary alicyclic amines) is 1. The second-order valence-electron chi connectivity index (χ2n) is 4.41. The van der Waals surface area contributed by atoms with Gasteiger partial charge >= 0.3 is 5.97 Å². The lowest BCUT2D eigenvalue weighted by molar-refractivity contribution is 0.0600. The molecule has 98 valence electrons. The first-order valence-corrected chi connectivity index (χ1v) is 6.01. The van der Waals surface area contributed by atoms with Gasteiger partial charge in [-0.1, -0.05) is 0 Å². The second kappa shape index (κ2) is 5.93. The Kier molecular flexibility index (Phi) is 4.28. The van der Waals surface area contributed by atoms with Gasteiger partial charge in [0, 0.05) is 32.9 Å². The number of aromatic nitrogens is 1. The maximum absolute atomic E-state index is 11.3. The second-order valence-corrected chi connectivity index (χ2v) is 4.41. The van der Waals surface area contributed by atoms with E-state index in [2.05, 4.69) is 14.6 Å². The molecule has 1 atom stereocenters. The largest absolute Gasteiger partial charge is 0.465 e. The van der Waals surface area contributed by atoms with Gasteiger partial charge in [0.15, 0.2) is 0 Å². The number of rotatable bonds is 4. The van der Waals surface area contributed by atoms with Crippen LogP contribution in [0.2, 0.25) is 0 Å². The summed E-state index contributed by atoms with van der Waals surface area (Å²) < 4.78 is 9.95. The Bertz CT molecular complexity index is 405. The van der Waals surface area contributed by atoms with E-state index in [0.29, 0.717) is 11.7 Å². The molecule has 0 amide bonds. The normalized spacial score (nSPS) is 20.0. The SMILES string of the molecule is COC(=O)c1ccc(CN2CCC(OC)C2)nc1. The predicted octanol–water partition coefficient (Wildman–Crippen LogP) is 1.09. The first-order valence-electron chi connectivity index (χ1n) is 6.01. The summed E-state index contributed by atoms with van der Waals surface area (Å²) >= 11 is 0. The first-order chi connectivity index (χ1) is 8.72. The summed E-state index contributed by atoms with van der Waals surface area (Å²) in [6.45, 7) is 2.76. The smallest absolute Gasteiger partial charge is 0.339 e. The van der Waals surface area contributed by atoms with Crippen molar-refractivity contribution in [3.8, 4) is 0 Å². The molecule has 1 aliphatic heterocycles. The molecule has 18 heavy (non-hydrogen) atoms. The zero-order chi connectivity index (χ0) is 13.0. The molecule has 0 aromatic carbocycles. The molecule has 5 nitrogen and oxygen atoms in total. The van der Waals surface area contributed by atoms with Crippen LogP contribution in [0.15, 0.2) is 18.3 Å². The fraction of sp³-hybridized carbons (Fsp3) is 0.538. The van der Waals surface area contributed by atoms with Crippen molar-refractivity contribution in [3.05, 3.63) is 29.6 Å². The molecule has 1 aliphatic rings. The van der Waals surface area contributed by atoms with Crippen molar-refractivity contribution in [1.29, 1.82) is 0 Å². The summed E-state index contributed by atoms with van der Waals surface area (Å²) in [5, 5.41) is 0. The Morgan fingerprint density at radius 1 is 1.50 bits per heavy atom. The molecule has 0 aliphatic carbocycles. The van der Waals surface area contributed by atoms with Gasteiger partial charge < -0.3 is 9.47 Å². The third-order valence-corrected chi connectivity index (χ3v) is 3.19. The minimum atomic E-state index is -0.352. The molecule has 2 heterocycles. The molecule has 1 aromatic heterocycles. The van der Waals surface area contributed by atoms with Crippen LogP contribution in [0.1, 0.15) is 22.5 Å². The molecule has 0 N–H and O–H groups in total. The summed E-state index contributed by atoms with van der Waals surface area (Å²) in [5.74, 6) is -0.352. The van der Waals surface area contributed by atoms with Crippen molar-refractivity contribution in [2.24, 2.45) is 0 Å². The lowest BCUT2D eigenvalue weighted by Crippen LogP contribution is -2.22. The van der Waals surface area contributed by atoms with Crippen LogP contribution in [-0.2, 0) is 16.0 Å². The van der Waals surface area contributed by atoms with Crippen LogP contribution in [0.25, 0.3) is 0 Å². The summed E-state index contributed by atoms with van der Waals surface area (Å²) in [5.41, 5.74) is 1.44. The van der Waals surface area contributed by atoms with Gasteiger partial charge in [-0.3, -0.25) is 9.88 Å². The molecule has 0 bridgehead atoms. The van der Waals surface area contributed by atoms with Gasteiger partial charge in [0.05, 0.1) is 24.5 Å². The zero-order valence-electron chi connectivity index (χ0n) is 10.8. The summed E-state index contributed by atoms with van der Waals surface area (Å²) in [4.78, 5) is 17.8. The number of ether oxygens (including phenoxy) is 2. The highest BCUT2D eigenvalue weighted by Crippen LogP contribution is 2.14. The number of carbonyl (C=O) groups excluding carboxylic acids is 1. The third kappa shape index (κ3) is 3.05. The lowest BCUT2D eigenvalue weighted by Gasteiger charge is -2.14. The summed E-state index contributed by atoms with van der Waals surface area (Å²) in [6.07, 6.45) is 2.96. The van der Waals surface area contributed by atoms with E-state index in [9.17, 15) is 4.79 Å². The molecular formula is C13H18N2O3. The minimum absolute atomic E-state index is 0.333. The number of hydrogen-bond donors (Lipinski definition) is 0. The van der Waals surface area contributed by atoms with E-state index in [4.69, 9.17) is 4.74 Å². The third-order valence-electron chi connectivity index (χ3n) is 3.19. The van der Waals surface area contributed by atoms with E-state index < -0.39 is 0 Å². The molecule has 0 spiro atoms. The van der Waals surface area contributed by atoms with Gasteiger partial charge in [0.1, 0.15) is 0 Å². The van der Waals surface area contributed by atoms with Gasteiger partial charge in [-0.05, 0) is 18.6 Å². The van der Waals surface area contributed by atoms with Crippen molar-refractivity contribution in [2.45, 2.75) is 19.1 Å². The molecule has 1 fully saturated rings. The van der Waals surface area contributed by atoms with E-state index in [-0.39, 0.29) is 5.97 Å². The highest BCUT2D eigenvalue weighted by Gasteiger charge is 2.22.